The van der Waals surface area contributed by atoms with Crippen LogP contribution in [0.25, 0.3) is 45.2 Å². The molecule has 8 rings (SSSR count). The van der Waals surface area contributed by atoms with Gasteiger partial charge in [0.05, 0.1) is 5.41 Å². The van der Waals surface area contributed by atoms with Crippen molar-refractivity contribution < 1.29 is 0 Å². The van der Waals surface area contributed by atoms with Gasteiger partial charge in [-0.1, -0.05) is 115 Å². The van der Waals surface area contributed by atoms with E-state index in [9.17, 15) is 0 Å². The first-order chi connectivity index (χ1) is 16.9. The van der Waals surface area contributed by atoms with Gasteiger partial charge in [0.2, 0.25) is 0 Å². The van der Waals surface area contributed by atoms with E-state index in [0.29, 0.717) is 0 Å². The Morgan fingerprint density at radius 2 is 1.21 bits per heavy atom. The van der Waals surface area contributed by atoms with E-state index >= 15 is 0 Å². The van der Waals surface area contributed by atoms with Crippen molar-refractivity contribution in [3.63, 3.8) is 0 Å². The maximum absolute atomic E-state index is 2.47. The molecule has 0 aliphatic heterocycles. The maximum Gasteiger partial charge on any atom is 0.0653 e. The van der Waals surface area contributed by atoms with Crippen molar-refractivity contribution in [2.24, 2.45) is 0 Å². The molecule has 0 saturated carbocycles. The lowest BCUT2D eigenvalue weighted by Gasteiger charge is -2.33. The van der Waals surface area contributed by atoms with Crippen molar-refractivity contribution >= 4 is 22.9 Å². The Kier molecular flexibility index (Phi) is 3.47. The molecule has 158 valence electrons. The van der Waals surface area contributed by atoms with Gasteiger partial charge in [0.15, 0.2) is 0 Å². The second kappa shape index (κ2) is 6.46. The fourth-order valence-electron chi connectivity index (χ4n) is 6.73. The highest BCUT2D eigenvalue weighted by molar-refractivity contribution is 6.04. The fourth-order valence-corrected chi connectivity index (χ4v) is 6.73. The fraction of sp³-hybridized carbons (Fsp3) is 0.0588. The zero-order valence-electron chi connectivity index (χ0n) is 18.8. The van der Waals surface area contributed by atoms with E-state index in [1.165, 1.54) is 66.4 Å². The quantitative estimate of drug-likeness (QED) is 0.231. The molecule has 0 unspecified atom stereocenters. The molecular formula is C34H22. The average molecular weight is 431 g/mol. The molecule has 0 heteroatoms. The van der Waals surface area contributed by atoms with Gasteiger partial charge >= 0.3 is 0 Å². The van der Waals surface area contributed by atoms with Gasteiger partial charge in [-0.25, -0.2) is 0 Å². The van der Waals surface area contributed by atoms with Gasteiger partial charge in [0.1, 0.15) is 0 Å². The van der Waals surface area contributed by atoms with Gasteiger partial charge in [0, 0.05) is 0 Å². The molecule has 0 amide bonds. The molecule has 1 spiro atoms. The Hall–Kier alpha value is -4.16. The molecule has 0 nitrogen and oxygen atoms in total. The normalized spacial score (nSPS) is 15.5. The minimum Gasteiger partial charge on any atom is -0.0795 e. The summed E-state index contributed by atoms with van der Waals surface area (Å²) in [7, 11) is 0. The summed E-state index contributed by atoms with van der Waals surface area (Å²) in [6, 6.07) is 36.2. The van der Waals surface area contributed by atoms with Gasteiger partial charge in [0.25, 0.3) is 0 Å². The van der Waals surface area contributed by atoms with Crippen LogP contribution in [-0.2, 0) is 11.8 Å². The molecule has 5 aromatic carbocycles. The molecule has 5 aromatic rings. The van der Waals surface area contributed by atoms with E-state index in [0.717, 1.165) is 6.42 Å². The van der Waals surface area contributed by atoms with Crippen molar-refractivity contribution in [3.8, 4) is 22.3 Å². The number of fused-ring (bicyclic) bond motifs is 10. The van der Waals surface area contributed by atoms with Crippen LogP contribution in [0.4, 0.5) is 0 Å². The number of hydrogen-bond donors (Lipinski definition) is 0. The smallest absolute Gasteiger partial charge is 0.0653 e. The third-order valence-corrected chi connectivity index (χ3v) is 8.09. The minimum atomic E-state index is -0.326. The molecule has 0 aromatic heterocycles. The summed E-state index contributed by atoms with van der Waals surface area (Å²) >= 11 is 0. The molecule has 0 saturated heterocycles. The van der Waals surface area contributed by atoms with Crippen molar-refractivity contribution in [3.05, 3.63) is 143 Å². The Bertz CT molecular complexity index is 1660. The molecule has 0 heterocycles. The third kappa shape index (κ3) is 2.14. The van der Waals surface area contributed by atoms with Gasteiger partial charge in [-0.2, -0.15) is 0 Å². The summed E-state index contributed by atoms with van der Waals surface area (Å²) in [6.07, 6.45) is 10.5. The number of hydrogen-bond acceptors (Lipinski definition) is 0. The van der Waals surface area contributed by atoms with Crippen molar-refractivity contribution in [1.29, 1.82) is 0 Å². The standard InChI is InChI=1S/C34H22/c1-2-13-25-24(12-1)26-14-3-5-17-30(26)34(31-18-6-4-15-27(25)31)20-19-28-29-16-8-10-22-9-7-11-23(33(22)29)21-32(28)34/h1-8,10-21H,9H2. The predicted octanol–water partition coefficient (Wildman–Crippen LogP) is 8.42. The van der Waals surface area contributed by atoms with E-state index in [4.69, 9.17) is 0 Å². The van der Waals surface area contributed by atoms with Crippen molar-refractivity contribution in [1.82, 2.24) is 0 Å². The first-order valence-electron chi connectivity index (χ1n) is 12.1. The summed E-state index contributed by atoms with van der Waals surface area (Å²) in [6.45, 7) is 0. The first kappa shape index (κ1) is 18.3. The second-order valence-corrected chi connectivity index (χ2v) is 9.65. The molecular weight excluding hydrogens is 408 g/mol. The Morgan fingerprint density at radius 1 is 0.559 bits per heavy atom. The topological polar surface area (TPSA) is 0 Å². The number of allylic oxidation sites excluding steroid dienone is 2. The summed E-state index contributed by atoms with van der Waals surface area (Å²) in [5, 5.41) is 2.79. The van der Waals surface area contributed by atoms with Crippen molar-refractivity contribution in [2.75, 3.05) is 0 Å². The lowest BCUT2D eigenvalue weighted by atomic mass is 9.68. The summed E-state index contributed by atoms with van der Waals surface area (Å²) in [5.74, 6) is 0. The van der Waals surface area contributed by atoms with Gasteiger partial charge in [-0.3, -0.25) is 0 Å². The number of benzene rings is 5. The highest BCUT2D eigenvalue weighted by atomic mass is 14.5. The summed E-state index contributed by atoms with van der Waals surface area (Å²) in [4.78, 5) is 0. The predicted molar refractivity (Wildman–Crippen MR) is 143 cm³/mol. The van der Waals surface area contributed by atoms with Gasteiger partial charge in [-0.05, 0) is 78.9 Å². The minimum absolute atomic E-state index is 0.326. The third-order valence-electron chi connectivity index (χ3n) is 8.09. The van der Waals surface area contributed by atoms with Gasteiger partial charge < -0.3 is 0 Å². The second-order valence-electron chi connectivity index (χ2n) is 9.65. The molecule has 3 aliphatic rings. The van der Waals surface area contributed by atoms with Crippen LogP contribution < -0.4 is 0 Å². The zero-order chi connectivity index (χ0) is 22.3. The van der Waals surface area contributed by atoms with Crippen LogP contribution >= 0.6 is 0 Å². The first-order valence-corrected chi connectivity index (χ1v) is 12.1. The zero-order valence-corrected chi connectivity index (χ0v) is 18.8. The molecule has 0 atom stereocenters. The molecule has 0 N–H and O–H groups in total. The van der Waals surface area contributed by atoms with Gasteiger partial charge in [-0.15, -0.1) is 0 Å². The SMILES string of the molecule is C1=Cc2cc3c(c4cccc(c24)C1)C=CC31c2ccccc2-c2ccccc2-c2ccccc21. The van der Waals surface area contributed by atoms with E-state index in [1.54, 1.807) is 0 Å². The molecule has 0 radical (unpaired) electrons. The molecule has 0 fully saturated rings. The Morgan fingerprint density at radius 3 is 1.91 bits per heavy atom. The van der Waals surface area contributed by atoms with E-state index in [1.807, 2.05) is 0 Å². The Labute approximate surface area is 199 Å². The lowest BCUT2D eigenvalue weighted by Crippen LogP contribution is -2.26. The maximum atomic E-state index is 2.47. The van der Waals surface area contributed by atoms with E-state index < -0.39 is 0 Å². The van der Waals surface area contributed by atoms with E-state index in [-0.39, 0.29) is 5.41 Å². The Balaban J connectivity index is 1.58. The van der Waals surface area contributed by atoms with E-state index in [2.05, 4.69) is 121 Å². The van der Waals surface area contributed by atoms with Crippen LogP contribution in [0.3, 0.4) is 0 Å². The largest absolute Gasteiger partial charge is 0.0795 e. The van der Waals surface area contributed by atoms with Crippen LogP contribution in [0.2, 0.25) is 0 Å². The molecule has 0 bridgehead atoms. The highest BCUT2D eigenvalue weighted by Gasteiger charge is 2.44. The van der Waals surface area contributed by atoms with Crippen LogP contribution in [0.5, 0.6) is 0 Å². The molecule has 3 aliphatic carbocycles. The lowest BCUT2D eigenvalue weighted by molar-refractivity contribution is 0.802. The molecule has 34 heavy (non-hydrogen) atoms. The van der Waals surface area contributed by atoms with Crippen LogP contribution in [-0.4, -0.2) is 0 Å². The monoisotopic (exact) mass is 430 g/mol. The van der Waals surface area contributed by atoms with Crippen LogP contribution in [0.15, 0.2) is 109 Å². The summed E-state index contributed by atoms with van der Waals surface area (Å²) in [5.41, 5.74) is 13.2. The van der Waals surface area contributed by atoms with Crippen molar-refractivity contribution in [2.45, 2.75) is 11.8 Å². The van der Waals surface area contributed by atoms with Crippen LogP contribution in [0, 0.1) is 0 Å². The number of rotatable bonds is 0. The highest BCUT2D eigenvalue weighted by Crippen LogP contribution is 2.56. The van der Waals surface area contributed by atoms with Crippen LogP contribution in [0.1, 0.15) is 33.4 Å². The average Bonchev–Trinajstić information content (AvgIpc) is 3.25. The summed E-state index contributed by atoms with van der Waals surface area (Å²) < 4.78 is 0.